The van der Waals surface area contributed by atoms with Gasteiger partial charge in [-0.3, -0.25) is 9.59 Å². The van der Waals surface area contributed by atoms with Crippen LogP contribution in [0.25, 0.3) is 0 Å². The molecule has 3 heteroatoms. The summed E-state index contributed by atoms with van der Waals surface area (Å²) in [6, 6.07) is 4.28. The Kier molecular flexibility index (Phi) is 3.94. The average Bonchev–Trinajstić information content (AvgIpc) is 2.98. The summed E-state index contributed by atoms with van der Waals surface area (Å²) in [5.74, 6) is -0.563. The van der Waals surface area contributed by atoms with Gasteiger partial charge in [-0.2, -0.15) is 0 Å². The van der Waals surface area contributed by atoms with Gasteiger partial charge in [-0.25, -0.2) is 0 Å². The summed E-state index contributed by atoms with van der Waals surface area (Å²) in [6.07, 6.45) is 3.08. The Morgan fingerprint density at radius 1 is 1.00 bits per heavy atom. The number of fused-ring (bicyclic) bond motifs is 1. The molecule has 0 heterocycles. The van der Waals surface area contributed by atoms with Crippen molar-refractivity contribution < 1.29 is 9.59 Å². The Morgan fingerprint density at radius 2 is 1.45 bits per heavy atom. The van der Waals surface area contributed by atoms with Gasteiger partial charge in [-0.05, 0) is 49.3 Å². The van der Waals surface area contributed by atoms with Crippen LogP contribution in [0.3, 0.4) is 0 Å². The number of hydrogen-bond donors (Lipinski definition) is 1. The zero-order chi connectivity index (χ0) is 16.0. The van der Waals surface area contributed by atoms with Crippen LogP contribution in [0, 0.1) is 18.8 Å². The van der Waals surface area contributed by atoms with E-state index < -0.39 is 5.92 Å². The number of carbonyl (C=O) groups excluding carboxylic acids is 2. The van der Waals surface area contributed by atoms with Crippen LogP contribution in [0.4, 0.5) is 0 Å². The molecule has 1 aromatic carbocycles. The molecule has 2 aliphatic carbocycles. The van der Waals surface area contributed by atoms with Crippen molar-refractivity contribution in [3.63, 3.8) is 0 Å². The number of ketones is 2. The maximum absolute atomic E-state index is 12.9. The lowest BCUT2D eigenvalue weighted by molar-refractivity contribution is -0.125. The molecular formula is C19H25NO2. The Labute approximate surface area is 132 Å². The van der Waals surface area contributed by atoms with E-state index in [2.05, 4.69) is 32.9 Å². The van der Waals surface area contributed by atoms with Crippen molar-refractivity contribution in [3.05, 3.63) is 34.4 Å². The summed E-state index contributed by atoms with van der Waals surface area (Å²) in [7, 11) is 0. The van der Waals surface area contributed by atoms with Gasteiger partial charge in [0.25, 0.3) is 0 Å². The molecule has 2 aliphatic rings. The first-order valence-electron chi connectivity index (χ1n) is 8.43. The molecule has 1 aromatic rings. The predicted octanol–water partition coefficient (Wildman–Crippen LogP) is 2.71. The molecule has 3 rings (SSSR count). The minimum Gasteiger partial charge on any atom is -0.328 e. The highest BCUT2D eigenvalue weighted by Gasteiger charge is 2.54. The molecule has 0 aliphatic heterocycles. The predicted molar refractivity (Wildman–Crippen MR) is 86.9 cm³/mol. The summed E-state index contributed by atoms with van der Waals surface area (Å²) in [5, 5.41) is 0. The highest BCUT2D eigenvalue weighted by atomic mass is 16.2. The quantitative estimate of drug-likeness (QED) is 0.873. The minimum absolute atomic E-state index is 0.0122. The molecule has 0 radical (unpaired) electrons. The average molecular weight is 299 g/mol. The summed E-state index contributed by atoms with van der Waals surface area (Å²) in [5.41, 5.74) is 10.5. The summed E-state index contributed by atoms with van der Waals surface area (Å²) in [4.78, 5) is 25.8. The van der Waals surface area contributed by atoms with Gasteiger partial charge in [0.05, 0.1) is 0 Å². The fourth-order valence-electron chi connectivity index (χ4n) is 4.47. The van der Waals surface area contributed by atoms with E-state index in [0.717, 1.165) is 29.5 Å². The van der Waals surface area contributed by atoms with Crippen LogP contribution < -0.4 is 5.73 Å². The third kappa shape index (κ3) is 2.23. The second-order valence-electron chi connectivity index (χ2n) is 6.89. The molecule has 2 atom stereocenters. The van der Waals surface area contributed by atoms with Crippen LogP contribution >= 0.6 is 0 Å². The van der Waals surface area contributed by atoms with Crippen molar-refractivity contribution in [2.24, 2.45) is 17.6 Å². The third-order valence-corrected chi connectivity index (χ3v) is 5.45. The molecule has 118 valence electrons. The second kappa shape index (κ2) is 5.62. The maximum Gasteiger partial charge on any atom is 0.151 e. The van der Waals surface area contributed by atoms with Crippen molar-refractivity contribution in [2.75, 3.05) is 0 Å². The Bertz CT molecular complexity index is 585. The number of Topliss-reactive ketones (excluding diaryl/α,β-unsaturated/α-hetero) is 2. The van der Waals surface area contributed by atoms with Crippen molar-refractivity contribution >= 4 is 11.6 Å². The lowest BCUT2D eigenvalue weighted by Gasteiger charge is -2.20. The van der Waals surface area contributed by atoms with E-state index in [1.165, 1.54) is 5.56 Å². The largest absolute Gasteiger partial charge is 0.328 e. The first kappa shape index (κ1) is 15.4. The normalized spacial score (nSPS) is 30.9. The van der Waals surface area contributed by atoms with Gasteiger partial charge in [-0.1, -0.05) is 31.5 Å². The number of benzene rings is 1. The van der Waals surface area contributed by atoms with E-state index in [9.17, 15) is 9.59 Å². The van der Waals surface area contributed by atoms with Gasteiger partial charge in [0.15, 0.2) is 11.6 Å². The monoisotopic (exact) mass is 299 g/mol. The van der Waals surface area contributed by atoms with Crippen molar-refractivity contribution in [2.45, 2.75) is 58.4 Å². The standard InChI is InChI=1S/C19H25NO2/c1-4-11-6-10(3)7-12(5-2)16(11)17-18(21)14-8-13(20)9-15(14)19(17)22/h6-7,13-15,17H,4-5,8-9,20H2,1-3H3. The Hall–Kier alpha value is -1.48. The fourth-order valence-corrected chi connectivity index (χ4v) is 4.47. The molecule has 2 unspecified atom stereocenters. The van der Waals surface area contributed by atoms with Gasteiger partial charge in [0.2, 0.25) is 0 Å². The van der Waals surface area contributed by atoms with Gasteiger partial charge < -0.3 is 5.73 Å². The molecule has 2 saturated carbocycles. The topological polar surface area (TPSA) is 60.2 Å². The van der Waals surface area contributed by atoms with E-state index in [4.69, 9.17) is 5.73 Å². The Balaban J connectivity index is 2.09. The molecule has 2 fully saturated rings. The summed E-state index contributed by atoms with van der Waals surface area (Å²) < 4.78 is 0. The second-order valence-corrected chi connectivity index (χ2v) is 6.89. The van der Waals surface area contributed by atoms with Gasteiger partial charge in [0.1, 0.15) is 5.92 Å². The maximum atomic E-state index is 12.9. The highest BCUT2D eigenvalue weighted by Crippen LogP contribution is 2.46. The van der Waals surface area contributed by atoms with E-state index in [1.807, 2.05) is 0 Å². The zero-order valence-electron chi connectivity index (χ0n) is 13.7. The van der Waals surface area contributed by atoms with Crippen molar-refractivity contribution in [1.82, 2.24) is 0 Å². The van der Waals surface area contributed by atoms with Crippen LogP contribution in [0.1, 0.15) is 54.9 Å². The number of rotatable bonds is 3. The van der Waals surface area contributed by atoms with Gasteiger partial charge >= 0.3 is 0 Å². The molecule has 2 N–H and O–H groups in total. The van der Waals surface area contributed by atoms with E-state index in [1.54, 1.807) is 0 Å². The zero-order valence-corrected chi connectivity index (χ0v) is 13.7. The highest BCUT2D eigenvalue weighted by molar-refractivity contribution is 6.16. The minimum atomic E-state index is -0.534. The van der Waals surface area contributed by atoms with Gasteiger partial charge in [0, 0.05) is 17.9 Å². The molecule has 0 amide bonds. The van der Waals surface area contributed by atoms with Crippen LogP contribution in [-0.4, -0.2) is 17.6 Å². The molecule has 0 bridgehead atoms. The third-order valence-electron chi connectivity index (χ3n) is 5.45. The first-order valence-corrected chi connectivity index (χ1v) is 8.43. The first-order chi connectivity index (χ1) is 10.5. The molecule has 0 aromatic heterocycles. The smallest absolute Gasteiger partial charge is 0.151 e. The van der Waals surface area contributed by atoms with Crippen LogP contribution in [0.5, 0.6) is 0 Å². The molecule has 3 nitrogen and oxygen atoms in total. The molecule has 0 saturated heterocycles. The SMILES string of the molecule is CCc1cc(C)cc(CC)c1C1C(=O)C2CC(N)CC2C1=O. The van der Waals surface area contributed by atoms with Crippen LogP contribution in [-0.2, 0) is 22.4 Å². The molecular weight excluding hydrogens is 274 g/mol. The number of aryl methyl sites for hydroxylation is 3. The van der Waals surface area contributed by atoms with E-state index in [0.29, 0.717) is 12.8 Å². The number of carbonyl (C=O) groups is 2. The van der Waals surface area contributed by atoms with Gasteiger partial charge in [-0.15, -0.1) is 0 Å². The lowest BCUT2D eigenvalue weighted by atomic mass is 9.83. The van der Waals surface area contributed by atoms with Crippen LogP contribution in [0.15, 0.2) is 12.1 Å². The number of nitrogens with two attached hydrogens (primary N) is 1. The fraction of sp³-hybridized carbons (Fsp3) is 0.579. The van der Waals surface area contributed by atoms with Crippen LogP contribution in [0.2, 0.25) is 0 Å². The number of hydrogen-bond acceptors (Lipinski definition) is 3. The Morgan fingerprint density at radius 3 is 1.86 bits per heavy atom. The summed E-state index contributed by atoms with van der Waals surface area (Å²) >= 11 is 0. The molecule has 22 heavy (non-hydrogen) atoms. The van der Waals surface area contributed by atoms with Crippen molar-refractivity contribution in [1.29, 1.82) is 0 Å². The van der Waals surface area contributed by atoms with E-state index >= 15 is 0 Å². The van der Waals surface area contributed by atoms with E-state index in [-0.39, 0.29) is 29.4 Å². The summed E-state index contributed by atoms with van der Waals surface area (Å²) in [6.45, 7) is 6.27. The lowest BCUT2D eigenvalue weighted by Crippen LogP contribution is -2.24. The molecule has 0 spiro atoms. The van der Waals surface area contributed by atoms with Crippen molar-refractivity contribution in [3.8, 4) is 0 Å².